The Morgan fingerprint density at radius 3 is 2.88 bits per heavy atom. The number of aromatic nitrogens is 2. The summed E-state index contributed by atoms with van der Waals surface area (Å²) in [6.45, 7) is 5.23. The van der Waals surface area contributed by atoms with Gasteiger partial charge in [0.25, 0.3) is 5.91 Å². The summed E-state index contributed by atoms with van der Waals surface area (Å²) in [4.78, 5) is 19.5. The molecule has 1 aliphatic rings. The van der Waals surface area contributed by atoms with Crippen molar-refractivity contribution in [1.82, 2.24) is 14.5 Å². The largest absolute Gasteiger partial charge is 0.445 e. The smallest absolute Gasteiger partial charge is 0.270 e. The number of hydrogen-bond acceptors (Lipinski definition) is 3. The molecule has 0 aliphatic carbocycles. The molecule has 1 aromatic carbocycles. The van der Waals surface area contributed by atoms with E-state index in [0.29, 0.717) is 30.2 Å². The van der Waals surface area contributed by atoms with Crippen molar-refractivity contribution in [2.24, 2.45) is 7.05 Å². The lowest BCUT2D eigenvalue weighted by Crippen LogP contribution is -2.36. The van der Waals surface area contributed by atoms with Gasteiger partial charge in [-0.25, -0.2) is 4.98 Å². The number of para-hydroxylation sites is 1. The first kappa shape index (κ1) is 16.2. The highest BCUT2D eigenvalue weighted by molar-refractivity contribution is 6.35. The molecule has 0 saturated heterocycles. The Morgan fingerprint density at radius 2 is 2.16 bits per heavy atom. The summed E-state index contributed by atoms with van der Waals surface area (Å²) in [5.74, 6) is 1.90. The van der Waals surface area contributed by atoms with E-state index in [1.165, 1.54) is 0 Å². The van der Waals surface area contributed by atoms with Crippen LogP contribution in [-0.4, -0.2) is 26.9 Å². The average Bonchev–Trinajstić information content (AvgIpc) is 3.16. The molecule has 130 valence electrons. The van der Waals surface area contributed by atoms with Gasteiger partial charge in [0, 0.05) is 31.3 Å². The fourth-order valence-corrected chi connectivity index (χ4v) is 3.68. The van der Waals surface area contributed by atoms with E-state index in [2.05, 4.69) is 18.8 Å². The molecule has 25 heavy (non-hydrogen) atoms. The van der Waals surface area contributed by atoms with Crippen LogP contribution in [0.15, 0.2) is 28.7 Å². The first-order valence-corrected chi connectivity index (χ1v) is 8.85. The fourth-order valence-electron chi connectivity index (χ4n) is 3.37. The maximum Gasteiger partial charge on any atom is 0.270 e. The van der Waals surface area contributed by atoms with Crippen LogP contribution in [0.1, 0.15) is 47.6 Å². The van der Waals surface area contributed by atoms with Crippen LogP contribution in [0.25, 0.3) is 10.9 Å². The van der Waals surface area contributed by atoms with Crippen LogP contribution < -0.4 is 0 Å². The number of aryl methyl sites for hydroxylation is 1. The van der Waals surface area contributed by atoms with Crippen molar-refractivity contribution in [3.05, 3.63) is 52.3 Å². The maximum atomic E-state index is 13.1. The Bertz CT molecular complexity index is 971. The third-order valence-corrected chi connectivity index (χ3v) is 5.06. The third-order valence-electron chi connectivity index (χ3n) is 4.75. The summed E-state index contributed by atoms with van der Waals surface area (Å²) in [6, 6.07) is 7.61. The van der Waals surface area contributed by atoms with Crippen LogP contribution in [-0.2, 0) is 20.0 Å². The van der Waals surface area contributed by atoms with E-state index in [9.17, 15) is 4.79 Å². The van der Waals surface area contributed by atoms with Gasteiger partial charge in [-0.1, -0.05) is 37.6 Å². The molecule has 4 rings (SSSR count). The lowest BCUT2D eigenvalue weighted by molar-refractivity contribution is 0.0718. The van der Waals surface area contributed by atoms with Crippen molar-refractivity contribution in [3.63, 3.8) is 0 Å². The predicted octanol–water partition coefficient (Wildman–Crippen LogP) is 4.14. The lowest BCUT2D eigenvalue weighted by Gasteiger charge is -2.25. The van der Waals surface area contributed by atoms with Crippen molar-refractivity contribution in [2.45, 2.75) is 32.7 Å². The third kappa shape index (κ3) is 2.63. The molecule has 0 N–H and O–H groups in total. The molecule has 3 heterocycles. The molecule has 2 aromatic heterocycles. The fraction of sp³-hybridized carbons (Fsp3) is 0.368. The number of rotatable bonds is 2. The second kappa shape index (κ2) is 5.92. The van der Waals surface area contributed by atoms with Crippen molar-refractivity contribution in [3.8, 4) is 0 Å². The summed E-state index contributed by atoms with van der Waals surface area (Å²) in [6.07, 6.45) is 0.700. The van der Waals surface area contributed by atoms with Gasteiger partial charge < -0.3 is 13.9 Å². The summed E-state index contributed by atoms with van der Waals surface area (Å²) >= 11 is 6.30. The van der Waals surface area contributed by atoms with E-state index in [1.54, 1.807) is 0 Å². The number of carbonyl (C=O) groups is 1. The van der Waals surface area contributed by atoms with E-state index >= 15 is 0 Å². The van der Waals surface area contributed by atoms with Gasteiger partial charge in [-0.2, -0.15) is 0 Å². The molecule has 1 aliphatic heterocycles. The van der Waals surface area contributed by atoms with E-state index in [0.717, 1.165) is 28.2 Å². The number of oxazole rings is 1. The second-order valence-electron chi connectivity index (χ2n) is 6.82. The van der Waals surface area contributed by atoms with Gasteiger partial charge in [0.2, 0.25) is 0 Å². The van der Waals surface area contributed by atoms with E-state index in [4.69, 9.17) is 16.0 Å². The normalized spacial score (nSPS) is 14.4. The van der Waals surface area contributed by atoms with Gasteiger partial charge in [-0.3, -0.25) is 4.79 Å². The summed E-state index contributed by atoms with van der Waals surface area (Å²) in [7, 11) is 1.88. The minimum absolute atomic E-state index is 0.00508. The standard InChI is InChI=1S/C19H20ClN3O2/c1-11(2)18-21-14-10-23(8-7-16(14)25-18)19(24)15-9-12-5-4-6-13(20)17(12)22(15)3/h4-6,9,11H,7-8,10H2,1-3H3. The maximum absolute atomic E-state index is 13.1. The zero-order valence-corrected chi connectivity index (χ0v) is 15.3. The predicted molar refractivity (Wildman–Crippen MR) is 97.0 cm³/mol. The second-order valence-corrected chi connectivity index (χ2v) is 7.23. The summed E-state index contributed by atoms with van der Waals surface area (Å²) in [5, 5.41) is 1.62. The van der Waals surface area contributed by atoms with Crippen molar-refractivity contribution in [1.29, 1.82) is 0 Å². The van der Waals surface area contributed by atoms with Crippen LogP contribution in [0.3, 0.4) is 0 Å². The Labute approximate surface area is 151 Å². The molecule has 0 fully saturated rings. The number of amides is 1. The zero-order chi connectivity index (χ0) is 17.7. The molecule has 3 aromatic rings. The number of halogens is 1. The van der Waals surface area contributed by atoms with Crippen molar-refractivity contribution < 1.29 is 9.21 Å². The number of benzene rings is 1. The van der Waals surface area contributed by atoms with Gasteiger partial charge in [0.1, 0.15) is 17.1 Å². The topological polar surface area (TPSA) is 51.3 Å². The van der Waals surface area contributed by atoms with E-state index in [1.807, 2.05) is 40.8 Å². The van der Waals surface area contributed by atoms with Crippen LogP contribution in [0.5, 0.6) is 0 Å². The zero-order valence-electron chi connectivity index (χ0n) is 14.5. The monoisotopic (exact) mass is 357 g/mol. The van der Waals surface area contributed by atoms with Crippen LogP contribution >= 0.6 is 11.6 Å². The van der Waals surface area contributed by atoms with Crippen molar-refractivity contribution >= 4 is 28.4 Å². The molecular formula is C19H20ClN3O2. The molecule has 1 amide bonds. The molecule has 5 nitrogen and oxygen atoms in total. The Kier molecular flexibility index (Phi) is 3.84. The number of fused-ring (bicyclic) bond motifs is 2. The Morgan fingerprint density at radius 1 is 1.36 bits per heavy atom. The Balaban J connectivity index is 1.66. The minimum atomic E-state index is -0.00508. The molecule has 0 bridgehead atoms. The minimum Gasteiger partial charge on any atom is -0.445 e. The SMILES string of the molecule is CC(C)c1nc2c(o1)CCN(C(=O)c1cc3cccc(Cl)c3n1C)C2. The first-order chi connectivity index (χ1) is 12.0. The van der Waals surface area contributed by atoms with Crippen LogP contribution in [0.2, 0.25) is 5.02 Å². The van der Waals surface area contributed by atoms with Gasteiger partial charge in [0.05, 0.1) is 17.1 Å². The molecule has 0 saturated carbocycles. The molecular weight excluding hydrogens is 338 g/mol. The van der Waals surface area contributed by atoms with E-state index < -0.39 is 0 Å². The van der Waals surface area contributed by atoms with Crippen molar-refractivity contribution in [2.75, 3.05) is 6.54 Å². The molecule has 0 atom stereocenters. The number of carbonyl (C=O) groups excluding carboxylic acids is 1. The molecule has 0 unspecified atom stereocenters. The highest BCUT2D eigenvalue weighted by Gasteiger charge is 2.28. The van der Waals surface area contributed by atoms with Gasteiger partial charge in [-0.15, -0.1) is 0 Å². The average molecular weight is 358 g/mol. The lowest BCUT2D eigenvalue weighted by atomic mass is 10.1. The quantitative estimate of drug-likeness (QED) is 0.692. The molecule has 0 spiro atoms. The Hall–Kier alpha value is -2.27. The first-order valence-electron chi connectivity index (χ1n) is 8.47. The van der Waals surface area contributed by atoms with Gasteiger partial charge >= 0.3 is 0 Å². The molecule has 0 radical (unpaired) electrons. The summed E-state index contributed by atoms with van der Waals surface area (Å²) in [5.41, 5.74) is 2.40. The molecule has 6 heteroatoms. The highest BCUT2D eigenvalue weighted by atomic mass is 35.5. The number of nitrogens with zero attached hydrogens (tertiary/aromatic N) is 3. The van der Waals surface area contributed by atoms with Gasteiger partial charge in [0.15, 0.2) is 5.89 Å². The van der Waals surface area contributed by atoms with Gasteiger partial charge in [-0.05, 0) is 12.1 Å². The van der Waals surface area contributed by atoms with E-state index in [-0.39, 0.29) is 11.8 Å². The van der Waals surface area contributed by atoms with Crippen LogP contribution in [0.4, 0.5) is 0 Å². The summed E-state index contributed by atoms with van der Waals surface area (Å²) < 4.78 is 7.69. The highest BCUT2D eigenvalue weighted by Crippen LogP contribution is 2.28. The number of hydrogen-bond donors (Lipinski definition) is 0. The van der Waals surface area contributed by atoms with Crippen LogP contribution in [0, 0.1) is 0 Å².